The maximum atomic E-state index is 11.4. The molecule has 1 fully saturated rings. The van der Waals surface area contributed by atoms with Gasteiger partial charge in [0, 0.05) is 5.38 Å². The van der Waals surface area contributed by atoms with Crippen LogP contribution >= 0.6 is 11.3 Å². The quantitative estimate of drug-likeness (QED) is 0.739. The van der Waals surface area contributed by atoms with Crippen LogP contribution in [0.15, 0.2) is 5.38 Å². The van der Waals surface area contributed by atoms with Crippen LogP contribution in [-0.2, 0) is 4.79 Å². The van der Waals surface area contributed by atoms with Crippen molar-refractivity contribution in [1.82, 2.24) is 4.98 Å². The first-order valence-electron chi connectivity index (χ1n) is 4.13. The van der Waals surface area contributed by atoms with Gasteiger partial charge >= 0.3 is 0 Å². The molecule has 1 aromatic rings. The van der Waals surface area contributed by atoms with Gasteiger partial charge in [-0.15, -0.1) is 11.3 Å². The fraction of sp³-hybridized carbons (Fsp3) is 0.500. The molecule has 13 heavy (non-hydrogen) atoms. The molecule has 0 spiro atoms. The van der Waals surface area contributed by atoms with Crippen molar-refractivity contribution in [3.05, 3.63) is 11.1 Å². The zero-order chi connectivity index (χ0) is 9.47. The van der Waals surface area contributed by atoms with E-state index < -0.39 is 5.54 Å². The fourth-order valence-corrected chi connectivity index (χ4v) is 1.68. The summed E-state index contributed by atoms with van der Waals surface area (Å²) in [5, 5.41) is 5.24. The van der Waals surface area contributed by atoms with Gasteiger partial charge < -0.3 is 11.1 Å². The summed E-state index contributed by atoms with van der Waals surface area (Å²) in [6.45, 7) is 1.89. The van der Waals surface area contributed by atoms with Crippen molar-refractivity contribution in [1.29, 1.82) is 0 Å². The Morgan fingerprint density at radius 3 is 2.92 bits per heavy atom. The number of carbonyl (C=O) groups is 1. The topological polar surface area (TPSA) is 68.0 Å². The fourth-order valence-electron chi connectivity index (χ4n) is 0.995. The average Bonchev–Trinajstić information content (AvgIpc) is 2.69. The molecule has 3 N–H and O–H groups in total. The van der Waals surface area contributed by atoms with Crippen molar-refractivity contribution in [2.75, 3.05) is 5.32 Å². The summed E-state index contributed by atoms with van der Waals surface area (Å²) in [5.74, 6) is -0.109. The summed E-state index contributed by atoms with van der Waals surface area (Å²) in [5.41, 5.74) is 6.02. The molecule has 2 rings (SSSR count). The molecule has 5 heteroatoms. The number of nitrogens with one attached hydrogen (secondary N) is 1. The van der Waals surface area contributed by atoms with E-state index in [4.69, 9.17) is 5.73 Å². The van der Waals surface area contributed by atoms with Crippen LogP contribution < -0.4 is 11.1 Å². The van der Waals surface area contributed by atoms with E-state index in [1.807, 2.05) is 12.3 Å². The number of nitrogens with zero attached hydrogens (tertiary/aromatic N) is 1. The van der Waals surface area contributed by atoms with Gasteiger partial charge in [-0.1, -0.05) is 0 Å². The van der Waals surface area contributed by atoms with E-state index in [9.17, 15) is 4.79 Å². The zero-order valence-electron chi connectivity index (χ0n) is 7.33. The lowest BCUT2D eigenvalue weighted by molar-refractivity contribution is -0.118. The summed E-state index contributed by atoms with van der Waals surface area (Å²) in [4.78, 5) is 15.6. The minimum absolute atomic E-state index is 0.109. The van der Waals surface area contributed by atoms with E-state index in [1.165, 1.54) is 11.3 Å². The lowest BCUT2D eigenvalue weighted by Gasteiger charge is -2.06. The Labute approximate surface area is 80.2 Å². The number of aromatic nitrogens is 1. The molecule has 1 aliphatic rings. The molecule has 0 radical (unpaired) electrons. The number of carbonyl (C=O) groups excluding carboxylic acids is 1. The van der Waals surface area contributed by atoms with Gasteiger partial charge in [0.2, 0.25) is 5.91 Å². The second-order valence-corrected chi connectivity index (χ2v) is 4.26. The monoisotopic (exact) mass is 197 g/mol. The summed E-state index contributed by atoms with van der Waals surface area (Å²) in [6, 6.07) is 0. The Morgan fingerprint density at radius 2 is 2.46 bits per heavy atom. The predicted molar refractivity (Wildman–Crippen MR) is 51.6 cm³/mol. The highest BCUT2D eigenvalue weighted by atomic mass is 32.1. The second-order valence-electron chi connectivity index (χ2n) is 3.40. The smallest absolute Gasteiger partial charge is 0.246 e. The highest BCUT2D eigenvalue weighted by molar-refractivity contribution is 7.13. The summed E-state index contributed by atoms with van der Waals surface area (Å²) >= 11 is 1.42. The molecule has 0 aromatic carbocycles. The van der Waals surface area contributed by atoms with Crippen LogP contribution in [0.5, 0.6) is 0 Å². The van der Waals surface area contributed by atoms with Crippen molar-refractivity contribution in [2.45, 2.75) is 25.3 Å². The first-order valence-corrected chi connectivity index (χ1v) is 5.01. The van der Waals surface area contributed by atoms with Crippen molar-refractivity contribution in [3.63, 3.8) is 0 Å². The molecule has 1 heterocycles. The van der Waals surface area contributed by atoms with Crippen LogP contribution in [0.4, 0.5) is 5.13 Å². The van der Waals surface area contributed by atoms with E-state index in [0.717, 1.165) is 18.5 Å². The molecule has 1 amide bonds. The van der Waals surface area contributed by atoms with Gasteiger partial charge in [-0.3, -0.25) is 4.79 Å². The van der Waals surface area contributed by atoms with E-state index in [0.29, 0.717) is 5.13 Å². The number of thiazole rings is 1. The summed E-state index contributed by atoms with van der Waals surface area (Å²) in [6.07, 6.45) is 1.56. The molecule has 0 saturated heterocycles. The van der Waals surface area contributed by atoms with Crippen LogP contribution in [0.2, 0.25) is 0 Å². The minimum atomic E-state index is -0.612. The molecule has 1 saturated carbocycles. The number of amides is 1. The molecule has 4 nitrogen and oxygen atoms in total. The first-order chi connectivity index (χ1) is 6.10. The summed E-state index contributed by atoms with van der Waals surface area (Å²) < 4.78 is 0. The number of rotatable bonds is 2. The lowest BCUT2D eigenvalue weighted by atomic mass is 10.3. The Balaban J connectivity index is 2.02. The molecule has 0 bridgehead atoms. The van der Waals surface area contributed by atoms with Crippen molar-refractivity contribution in [2.24, 2.45) is 5.73 Å². The zero-order valence-corrected chi connectivity index (χ0v) is 8.15. The Kier molecular flexibility index (Phi) is 1.85. The van der Waals surface area contributed by atoms with Gasteiger partial charge in [0.1, 0.15) is 0 Å². The molecule has 0 aliphatic heterocycles. The molecule has 0 atom stereocenters. The number of aryl methyl sites for hydroxylation is 1. The maximum Gasteiger partial charge on any atom is 0.246 e. The van der Waals surface area contributed by atoms with Crippen molar-refractivity contribution < 1.29 is 4.79 Å². The minimum Gasteiger partial charge on any atom is -0.317 e. The molecular weight excluding hydrogens is 186 g/mol. The first kappa shape index (κ1) is 8.65. The number of nitrogens with two attached hydrogens (primary N) is 1. The average molecular weight is 197 g/mol. The SMILES string of the molecule is Cc1csc(NC(=O)C2(N)CC2)n1. The van der Waals surface area contributed by atoms with Gasteiger partial charge in [-0.25, -0.2) is 4.98 Å². The van der Waals surface area contributed by atoms with Crippen LogP contribution in [0.3, 0.4) is 0 Å². The second kappa shape index (κ2) is 2.78. The van der Waals surface area contributed by atoms with E-state index >= 15 is 0 Å². The molecule has 70 valence electrons. The standard InChI is InChI=1S/C8H11N3OS/c1-5-4-13-7(10-5)11-6(12)8(9)2-3-8/h4H,2-3,9H2,1H3,(H,10,11,12). The number of hydrogen-bond donors (Lipinski definition) is 2. The summed E-state index contributed by atoms with van der Waals surface area (Å²) in [7, 11) is 0. The maximum absolute atomic E-state index is 11.4. The van der Waals surface area contributed by atoms with Crippen LogP contribution in [-0.4, -0.2) is 16.4 Å². The Bertz CT molecular complexity index is 343. The third kappa shape index (κ3) is 1.71. The van der Waals surface area contributed by atoms with Crippen molar-refractivity contribution >= 4 is 22.4 Å². The molecular formula is C8H11N3OS. The van der Waals surface area contributed by atoms with Crippen LogP contribution in [0.25, 0.3) is 0 Å². The van der Waals surface area contributed by atoms with Gasteiger partial charge in [-0.2, -0.15) is 0 Å². The van der Waals surface area contributed by atoms with Crippen molar-refractivity contribution in [3.8, 4) is 0 Å². The van der Waals surface area contributed by atoms with E-state index in [2.05, 4.69) is 10.3 Å². The molecule has 1 aliphatic carbocycles. The largest absolute Gasteiger partial charge is 0.317 e. The van der Waals surface area contributed by atoms with Gasteiger partial charge in [-0.05, 0) is 19.8 Å². The van der Waals surface area contributed by atoms with E-state index in [-0.39, 0.29) is 5.91 Å². The highest BCUT2D eigenvalue weighted by Crippen LogP contribution is 2.33. The third-order valence-electron chi connectivity index (χ3n) is 2.08. The Hall–Kier alpha value is -0.940. The third-order valence-corrected chi connectivity index (χ3v) is 2.96. The lowest BCUT2D eigenvalue weighted by Crippen LogP contribution is -2.37. The van der Waals surface area contributed by atoms with Gasteiger partial charge in [0.25, 0.3) is 0 Å². The highest BCUT2D eigenvalue weighted by Gasteiger charge is 2.46. The van der Waals surface area contributed by atoms with Gasteiger partial charge in [0.15, 0.2) is 5.13 Å². The Morgan fingerprint density at radius 1 is 1.77 bits per heavy atom. The molecule has 1 aromatic heterocycles. The normalized spacial score (nSPS) is 18.3. The van der Waals surface area contributed by atoms with Gasteiger partial charge in [0.05, 0.1) is 11.2 Å². The van der Waals surface area contributed by atoms with Crippen LogP contribution in [0, 0.1) is 6.92 Å². The molecule has 0 unspecified atom stereocenters. The number of anilines is 1. The van der Waals surface area contributed by atoms with Crippen LogP contribution in [0.1, 0.15) is 18.5 Å². The predicted octanol–water partition coefficient (Wildman–Crippen LogP) is 0.881. The van der Waals surface area contributed by atoms with E-state index in [1.54, 1.807) is 0 Å². The number of hydrogen-bond acceptors (Lipinski definition) is 4.